The average molecular weight is 282 g/mol. The second kappa shape index (κ2) is 5.60. The van der Waals surface area contributed by atoms with Crippen LogP contribution in [-0.2, 0) is 0 Å². The van der Waals surface area contributed by atoms with E-state index in [2.05, 4.69) is 11.5 Å². The van der Waals surface area contributed by atoms with Crippen molar-refractivity contribution in [3.63, 3.8) is 0 Å². The van der Waals surface area contributed by atoms with Crippen LogP contribution in [0.4, 0.5) is 0 Å². The maximum Gasteiger partial charge on any atom is 0.134 e. The highest BCUT2D eigenvalue weighted by Gasteiger charge is 2.21. The van der Waals surface area contributed by atoms with Gasteiger partial charge in [-0.05, 0) is 19.1 Å². The summed E-state index contributed by atoms with van der Waals surface area (Å²) < 4.78 is 11.1. The van der Waals surface area contributed by atoms with E-state index >= 15 is 0 Å². The molecule has 108 valence electrons. The van der Waals surface area contributed by atoms with E-state index in [1.165, 1.54) is 0 Å². The Morgan fingerprint density at radius 1 is 1.14 bits per heavy atom. The third kappa shape index (κ3) is 2.39. The van der Waals surface area contributed by atoms with Gasteiger partial charge in [-0.3, -0.25) is 5.84 Å². The number of nitrogens with two attached hydrogens (primary N) is 1. The fourth-order valence-corrected chi connectivity index (χ4v) is 2.65. The van der Waals surface area contributed by atoms with E-state index in [1.807, 2.05) is 43.3 Å². The SMILES string of the molecule is COc1ccc(C)cc1C(NN)c1coc2ccccc12. The van der Waals surface area contributed by atoms with E-state index in [9.17, 15) is 0 Å². The van der Waals surface area contributed by atoms with E-state index < -0.39 is 0 Å². The lowest BCUT2D eigenvalue weighted by Gasteiger charge is -2.19. The van der Waals surface area contributed by atoms with Crippen molar-refractivity contribution in [1.82, 2.24) is 5.43 Å². The number of hydrogen-bond acceptors (Lipinski definition) is 4. The molecule has 0 bridgehead atoms. The summed E-state index contributed by atoms with van der Waals surface area (Å²) in [5.74, 6) is 6.61. The molecule has 0 saturated heterocycles. The van der Waals surface area contributed by atoms with E-state index in [-0.39, 0.29) is 6.04 Å². The molecule has 0 aliphatic carbocycles. The minimum absolute atomic E-state index is 0.191. The van der Waals surface area contributed by atoms with Crippen LogP contribution in [0.3, 0.4) is 0 Å². The molecule has 0 saturated carbocycles. The maximum absolute atomic E-state index is 5.81. The summed E-state index contributed by atoms with van der Waals surface area (Å²) in [5.41, 5.74) is 6.86. The number of para-hydroxylation sites is 1. The molecule has 0 radical (unpaired) electrons. The van der Waals surface area contributed by atoms with Crippen molar-refractivity contribution in [2.24, 2.45) is 5.84 Å². The number of ether oxygens (including phenoxy) is 1. The van der Waals surface area contributed by atoms with Gasteiger partial charge < -0.3 is 9.15 Å². The molecule has 4 heteroatoms. The molecule has 0 aliphatic heterocycles. The summed E-state index contributed by atoms with van der Waals surface area (Å²) in [6.07, 6.45) is 1.75. The largest absolute Gasteiger partial charge is 0.496 e. The van der Waals surface area contributed by atoms with Crippen LogP contribution >= 0.6 is 0 Å². The van der Waals surface area contributed by atoms with Crippen molar-refractivity contribution in [2.75, 3.05) is 7.11 Å². The van der Waals surface area contributed by atoms with Crippen molar-refractivity contribution in [3.05, 3.63) is 65.4 Å². The number of methoxy groups -OCH3 is 1. The molecular formula is C17H18N2O2. The molecule has 3 aromatic rings. The third-order valence-corrected chi connectivity index (χ3v) is 3.68. The number of nitrogens with one attached hydrogen (secondary N) is 1. The number of hydrazine groups is 1. The van der Waals surface area contributed by atoms with Gasteiger partial charge in [-0.25, -0.2) is 5.43 Å². The monoisotopic (exact) mass is 282 g/mol. The number of furan rings is 1. The minimum Gasteiger partial charge on any atom is -0.496 e. The van der Waals surface area contributed by atoms with Crippen molar-refractivity contribution >= 4 is 11.0 Å². The number of benzene rings is 2. The number of fused-ring (bicyclic) bond motifs is 1. The predicted molar refractivity (Wildman–Crippen MR) is 83.1 cm³/mol. The van der Waals surface area contributed by atoms with Crippen LogP contribution in [0.5, 0.6) is 5.75 Å². The van der Waals surface area contributed by atoms with Gasteiger partial charge in [-0.1, -0.05) is 35.9 Å². The van der Waals surface area contributed by atoms with Crippen LogP contribution < -0.4 is 16.0 Å². The van der Waals surface area contributed by atoms with Gasteiger partial charge in [0.05, 0.1) is 19.4 Å². The summed E-state index contributed by atoms with van der Waals surface area (Å²) >= 11 is 0. The van der Waals surface area contributed by atoms with E-state index in [0.717, 1.165) is 33.4 Å². The van der Waals surface area contributed by atoms with Gasteiger partial charge in [-0.2, -0.15) is 0 Å². The van der Waals surface area contributed by atoms with Crippen LogP contribution in [0.2, 0.25) is 0 Å². The Hall–Kier alpha value is -2.30. The molecule has 0 aliphatic rings. The lowest BCUT2D eigenvalue weighted by atomic mass is 9.96. The summed E-state index contributed by atoms with van der Waals surface area (Å²) in [5, 5.41) is 1.05. The second-order valence-electron chi connectivity index (χ2n) is 5.03. The van der Waals surface area contributed by atoms with Gasteiger partial charge in [0.1, 0.15) is 11.3 Å². The highest BCUT2D eigenvalue weighted by Crippen LogP contribution is 2.34. The van der Waals surface area contributed by atoms with Gasteiger partial charge in [0.15, 0.2) is 0 Å². The number of hydrogen-bond donors (Lipinski definition) is 2. The Kier molecular flexibility index (Phi) is 3.64. The quantitative estimate of drug-likeness (QED) is 0.569. The normalized spacial score (nSPS) is 12.5. The summed E-state index contributed by atoms with van der Waals surface area (Å²) in [6, 6.07) is 13.8. The summed E-state index contributed by atoms with van der Waals surface area (Å²) in [6.45, 7) is 2.05. The van der Waals surface area contributed by atoms with Gasteiger partial charge in [0.2, 0.25) is 0 Å². The highest BCUT2D eigenvalue weighted by molar-refractivity contribution is 5.82. The fraction of sp³-hybridized carbons (Fsp3) is 0.176. The molecule has 3 rings (SSSR count). The van der Waals surface area contributed by atoms with Crippen LogP contribution in [0.1, 0.15) is 22.7 Å². The topological polar surface area (TPSA) is 60.4 Å². The van der Waals surface area contributed by atoms with Gasteiger partial charge in [-0.15, -0.1) is 0 Å². The van der Waals surface area contributed by atoms with Gasteiger partial charge in [0, 0.05) is 16.5 Å². The number of rotatable bonds is 4. The fourth-order valence-electron chi connectivity index (χ4n) is 2.65. The zero-order valence-corrected chi connectivity index (χ0v) is 12.1. The molecule has 1 atom stereocenters. The zero-order valence-electron chi connectivity index (χ0n) is 12.1. The number of aryl methyl sites for hydroxylation is 1. The third-order valence-electron chi connectivity index (χ3n) is 3.68. The Morgan fingerprint density at radius 3 is 2.71 bits per heavy atom. The van der Waals surface area contributed by atoms with E-state index in [4.69, 9.17) is 15.0 Å². The molecule has 1 unspecified atom stereocenters. The Morgan fingerprint density at radius 2 is 1.95 bits per heavy atom. The molecule has 3 N–H and O–H groups in total. The predicted octanol–water partition coefficient (Wildman–Crippen LogP) is 3.30. The first kappa shape index (κ1) is 13.7. The lowest BCUT2D eigenvalue weighted by Crippen LogP contribution is -2.29. The molecule has 1 heterocycles. The molecular weight excluding hydrogens is 264 g/mol. The Labute approximate surface area is 123 Å². The standard InChI is InChI=1S/C17H18N2O2/c1-11-7-8-15(20-2)13(9-11)17(19-18)14-10-21-16-6-4-3-5-12(14)16/h3-10,17,19H,18H2,1-2H3. The maximum atomic E-state index is 5.81. The molecule has 1 aromatic heterocycles. The van der Waals surface area contributed by atoms with Crippen molar-refractivity contribution in [1.29, 1.82) is 0 Å². The van der Waals surface area contributed by atoms with Crippen LogP contribution in [-0.4, -0.2) is 7.11 Å². The van der Waals surface area contributed by atoms with Crippen LogP contribution in [0, 0.1) is 6.92 Å². The Balaban J connectivity index is 2.16. The first-order valence-electron chi connectivity index (χ1n) is 6.81. The molecule has 21 heavy (non-hydrogen) atoms. The van der Waals surface area contributed by atoms with Crippen LogP contribution in [0.25, 0.3) is 11.0 Å². The second-order valence-corrected chi connectivity index (χ2v) is 5.03. The average Bonchev–Trinajstić information content (AvgIpc) is 2.93. The summed E-state index contributed by atoms with van der Waals surface area (Å²) in [7, 11) is 1.66. The minimum atomic E-state index is -0.191. The molecule has 0 amide bonds. The van der Waals surface area contributed by atoms with Gasteiger partial charge >= 0.3 is 0 Å². The van der Waals surface area contributed by atoms with Crippen molar-refractivity contribution in [3.8, 4) is 5.75 Å². The molecule has 2 aromatic carbocycles. The molecule has 4 nitrogen and oxygen atoms in total. The van der Waals surface area contributed by atoms with E-state index in [0.29, 0.717) is 0 Å². The summed E-state index contributed by atoms with van der Waals surface area (Å²) in [4.78, 5) is 0. The first-order chi connectivity index (χ1) is 10.2. The van der Waals surface area contributed by atoms with Crippen molar-refractivity contribution < 1.29 is 9.15 Å². The van der Waals surface area contributed by atoms with Crippen molar-refractivity contribution in [2.45, 2.75) is 13.0 Å². The Bertz CT molecular complexity index is 764. The van der Waals surface area contributed by atoms with E-state index in [1.54, 1.807) is 13.4 Å². The first-order valence-corrected chi connectivity index (χ1v) is 6.81. The molecule has 0 spiro atoms. The molecule has 0 fully saturated rings. The highest BCUT2D eigenvalue weighted by atomic mass is 16.5. The smallest absolute Gasteiger partial charge is 0.134 e. The van der Waals surface area contributed by atoms with Gasteiger partial charge in [0.25, 0.3) is 0 Å². The lowest BCUT2D eigenvalue weighted by molar-refractivity contribution is 0.404. The zero-order chi connectivity index (χ0) is 14.8. The van der Waals surface area contributed by atoms with Crippen LogP contribution in [0.15, 0.2) is 53.1 Å².